The Morgan fingerprint density at radius 1 is 1.14 bits per heavy atom. The van der Waals surface area contributed by atoms with Gasteiger partial charge in [-0.1, -0.05) is 36.8 Å². The highest BCUT2D eigenvalue weighted by atomic mass is 16.5. The minimum Gasteiger partial charge on any atom is -0.508 e. The van der Waals surface area contributed by atoms with E-state index in [-0.39, 0.29) is 29.5 Å². The molecule has 2 aromatic carbocycles. The van der Waals surface area contributed by atoms with Crippen LogP contribution < -0.4 is 9.47 Å². The van der Waals surface area contributed by atoms with E-state index in [1.165, 1.54) is 30.5 Å². The number of aromatic hydroxyl groups is 1. The van der Waals surface area contributed by atoms with Crippen molar-refractivity contribution in [2.45, 2.75) is 114 Å². The van der Waals surface area contributed by atoms with Gasteiger partial charge in [-0.15, -0.1) is 0 Å². The monoisotopic (exact) mass is 572 g/mol. The molecule has 1 spiro atoms. The van der Waals surface area contributed by atoms with Crippen molar-refractivity contribution in [1.82, 2.24) is 9.80 Å². The predicted molar refractivity (Wildman–Crippen MR) is 164 cm³/mol. The first-order chi connectivity index (χ1) is 20.4. The molecule has 1 amide bonds. The first-order valence-electron chi connectivity index (χ1n) is 16.6. The lowest BCUT2D eigenvalue weighted by molar-refractivity contribution is -0.146. The Hall–Kier alpha value is -2.73. The van der Waals surface area contributed by atoms with Gasteiger partial charge in [0.05, 0.1) is 13.2 Å². The van der Waals surface area contributed by atoms with E-state index in [2.05, 4.69) is 54.0 Å². The minimum absolute atomic E-state index is 0.0268. The minimum atomic E-state index is -0.175. The third kappa shape index (κ3) is 4.60. The van der Waals surface area contributed by atoms with E-state index in [0.717, 1.165) is 75.1 Å². The van der Waals surface area contributed by atoms with Crippen LogP contribution in [0.4, 0.5) is 0 Å². The number of ether oxygens (including phenoxy) is 2. The lowest BCUT2D eigenvalue weighted by Crippen LogP contribution is -2.69. The smallest absolute Gasteiger partial charge is 0.223 e. The number of hydrogen-bond donors (Lipinski definition) is 1. The van der Waals surface area contributed by atoms with Gasteiger partial charge in [0.25, 0.3) is 0 Å². The van der Waals surface area contributed by atoms with Crippen LogP contribution in [0.2, 0.25) is 0 Å². The Bertz CT molecular complexity index is 1310. The Kier molecular flexibility index (Phi) is 7.40. The number of benzene rings is 2. The first-order valence-corrected chi connectivity index (χ1v) is 16.6. The molecule has 5 atom stereocenters. The second kappa shape index (κ2) is 11.1. The third-order valence-corrected chi connectivity index (χ3v) is 11.3. The van der Waals surface area contributed by atoms with Crippen LogP contribution in [0.15, 0.2) is 36.4 Å². The zero-order chi connectivity index (χ0) is 29.0. The maximum absolute atomic E-state index is 14.0. The molecule has 2 heterocycles. The van der Waals surface area contributed by atoms with Crippen LogP contribution in [0.5, 0.6) is 17.2 Å². The second-order valence-electron chi connectivity index (χ2n) is 14.0. The topological polar surface area (TPSA) is 62.2 Å². The van der Waals surface area contributed by atoms with Gasteiger partial charge in [-0.25, -0.2) is 0 Å². The van der Waals surface area contributed by atoms with Gasteiger partial charge in [-0.05, 0) is 95.6 Å². The second-order valence-corrected chi connectivity index (χ2v) is 14.0. The van der Waals surface area contributed by atoms with E-state index < -0.39 is 0 Å². The zero-order valence-corrected chi connectivity index (χ0v) is 25.7. The molecule has 2 aromatic rings. The van der Waals surface area contributed by atoms with Gasteiger partial charge in [0, 0.05) is 47.7 Å². The van der Waals surface area contributed by atoms with Crippen LogP contribution in [-0.2, 0) is 23.1 Å². The van der Waals surface area contributed by atoms with Crippen LogP contribution in [-0.4, -0.2) is 65.2 Å². The molecule has 3 aliphatic carbocycles. The number of piperidine rings is 1. The number of hydrogen-bond acceptors (Lipinski definition) is 5. The quantitative estimate of drug-likeness (QED) is 0.322. The molecule has 2 bridgehead atoms. The number of phenolic OH excluding ortho intramolecular Hbond substituents is 1. The van der Waals surface area contributed by atoms with E-state index in [1.807, 2.05) is 0 Å². The molecule has 0 radical (unpaired) electrons. The fourth-order valence-corrected chi connectivity index (χ4v) is 9.36. The third-order valence-electron chi connectivity index (χ3n) is 11.3. The molecule has 1 saturated heterocycles. The molecular formula is C36H48N2O4. The normalized spacial score (nSPS) is 29.2. The van der Waals surface area contributed by atoms with Gasteiger partial charge < -0.3 is 19.5 Å². The Morgan fingerprint density at radius 3 is 2.69 bits per heavy atom. The van der Waals surface area contributed by atoms with E-state index in [0.29, 0.717) is 29.9 Å². The Morgan fingerprint density at radius 2 is 1.95 bits per heavy atom. The van der Waals surface area contributed by atoms with Crippen molar-refractivity contribution in [2.24, 2.45) is 11.8 Å². The highest BCUT2D eigenvalue weighted by Gasteiger charge is 2.67. The summed E-state index contributed by atoms with van der Waals surface area (Å²) < 4.78 is 12.8. The number of unbranched alkanes of at least 4 members (excludes halogenated alkanes) is 2. The van der Waals surface area contributed by atoms with E-state index in [9.17, 15) is 9.90 Å². The molecule has 1 N–H and O–H groups in total. The van der Waals surface area contributed by atoms with Crippen molar-refractivity contribution >= 4 is 5.91 Å². The van der Waals surface area contributed by atoms with Crippen LogP contribution in [0.25, 0.3) is 0 Å². The summed E-state index contributed by atoms with van der Waals surface area (Å²) >= 11 is 0. The lowest BCUT2D eigenvalue weighted by atomic mass is 9.50. The maximum Gasteiger partial charge on any atom is 0.223 e. The van der Waals surface area contributed by atoms with Crippen molar-refractivity contribution < 1.29 is 19.4 Å². The van der Waals surface area contributed by atoms with Gasteiger partial charge in [0.1, 0.15) is 11.9 Å². The molecule has 3 fully saturated rings. The number of carbonyl (C=O) groups is 1. The maximum atomic E-state index is 14.0. The van der Waals surface area contributed by atoms with Crippen molar-refractivity contribution in [3.63, 3.8) is 0 Å². The lowest BCUT2D eigenvalue weighted by Gasteiger charge is -2.61. The average molecular weight is 573 g/mol. The van der Waals surface area contributed by atoms with Gasteiger partial charge in [0.2, 0.25) is 5.91 Å². The molecular weight excluding hydrogens is 524 g/mol. The van der Waals surface area contributed by atoms with Gasteiger partial charge in [-0.3, -0.25) is 9.69 Å². The summed E-state index contributed by atoms with van der Waals surface area (Å²) in [6.07, 6.45) is 11.3. The Labute approximate surface area is 251 Å². The summed E-state index contributed by atoms with van der Waals surface area (Å²) in [7, 11) is 1.67. The number of rotatable bonds is 11. The number of carbonyl (C=O) groups excluding carboxylic acids is 1. The molecule has 2 saturated carbocycles. The summed E-state index contributed by atoms with van der Waals surface area (Å²) in [5, 5.41) is 11.3. The molecule has 6 nitrogen and oxygen atoms in total. The molecule has 0 unspecified atom stereocenters. The van der Waals surface area contributed by atoms with E-state index >= 15 is 0 Å². The fraction of sp³-hybridized carbons (Fsp3) is 0.639. The number of amides is 1. The molecule has 6 heteroatoms. The Balaban J connectivity index is 1.14. The number of nitrogens with zero attached hydrogens (tertiary/aromatic N) is 2. The van der Waals surface area contributed by atoms with Gasteiger partial charge >= 0.3 is 0 Å². The highest BCUT2D eigenvalue weighted by Crippen LogP contribution is 2.66. The van der Waals surface area contributed by atoms with Crippen molar-refractivity contribution in [1.29, 1.82) is 0 Å². The van der Waals surface area contributed by atoms with Crippen molar-refractivity contribution in [2.75, 3.05) is 20.2 Å². The summed E-state index contributed by atoms with van der Waals surface area (Å²) in [4.78, 5) is 18.9. The average Bonchev–Trinajstić information content (AvgIpc) is 3.74. The number of phenols is 1. The molecule has 0 aromatic heterocycles. The summed E-state index contributed by atoms with van der Waals surface area (Å²) in [6.45, 7) is 6.59. The van der Waals surface area contributed by atoms with Crippen LogP contribution >= 0.6 is 0 Å². The largest absolute Gasteiger partial charge is 0.508 e. The SMILES string of the molecule is COc1cc(O)c2c3c1O[C@H]1[C@@H](N(C(=O)CCCCCc4ccccc4)C(C)C)CC[C@H]4[C@@H](C2)N(CC2CC2)CC[C@@]341. The highest BCUT2D eigenvalue weighted by molar-refractivity contribution is 5.77. The standard InChI is InChI=1S/C36H48N2O4/c1-23(2)38(32(40)13-9-5-8-12-24-10-6-4-7-11-24)28-17-16-27-29-20-26-30(39)21-31(41-3)34-33(26)36(27,35(28)42-34)18-19-37(29)22-25-14-15-25/h4,6-7,10-11,21,23,25,27-29,35,39H,5,8-9,12-20,22H2,1-3H3/t27-,28-,29+,35-,36-/m0/s1. The van der Waals surface area contributed by atoms with Crippen molar-refractivity contribution in [3.8, 4) is 17.2 Å². The van der Waals surface area contributed by atoms with E-state index in [1.54, 1.807) is 13.2 Å². The van der Waals surface area contributed by atoms with Crippen LogP contribution in [0.1, 0.15) is 88.3 Å². The predicted octanol–water partition coefficient (Wildman–Crippen LogP) is 6.26. The van der Waals surface area contributed by atoms with Gasteiger partial charge in [-0.2, -0.15) is 0 Å². The zero-order valence-electron chi connectivity index (χ0n) is 25.7. The molecule has 2 aliphatic heterocycles. The van der Waals surface area contributed by atoms with Crippen LogP contribution in [0, 0.1) is 11.8 Å². The van der Waals surface area contributed by atoms with Crippen LogP contribution in [0.3, 0.4) is 0 Å². The molecule has 7 rings (SSSR count). The fourth-order valence-electron chi connectivity index (χ4n) is 9.36. The number of likely N-dealkylation sites (tertiary alicyclic amines) is 1. The summed E-state index contributed by atoms with van der Waals surface area (Å²) in [6, 6.07) is 13.0. The molecule has 5 aliphatic rings. The van der Waals surface area contributed by atoms with Crippen molar-refractivity contribution in [3.05, 3.63) is 53.1 Å². The summed E-state index contributed by atoms with van der Waals surface area (Å²) in [5.74, 6) is 3.39. The van der Waals surface area contributed by atoms with Gasteiger partial charge in [0.15, 0.2) is 11.5 Å². The van der Waals surface area contributed by atoms with E-state index in [4.69, 9.17) is 9.47 Å². The summed E-state index contributed by atoms with van der Waals surface area (Å²) in [5.41, 5.74) is 3.47. The number of methoxy groups -OCH3 is 1. The number of aryl methyl sites for hydroxylation is 1. The first kappa shape index (κ1) is 28.1. The molecule has 42 heavy (non-hydrogen) atoms. The molecule has 226 valence electrons.